The van der Waals surface area contributed by atoms with Crippen LogP contribution in [-0.4, -0.2) is 54.3 Å². The van der Waals surface area contributed by atoms with E-state index in [9.17, 15) is 14.4 Å². The van der Waals surface area contributed by atoms with Gasteiger partial charge in [-0.05, 0) is 69.1 Å². The van der Waals surface area contributed by atoms with Gasteiger partial charge in [-0.2, -0.15) is 5.26 Å². The van der Waals surface area contributed by atoms with Crippen LogP contribution >= 0.6 is 0 Å². The van der Waals surface area contributed by atoms with Crippen molar-refractivity contribution < 1.29 is 9.18 Å². The van der Waals surface area contributed by atoms with Gasteiger partial charge in [0, 0.05) is 18.5 Å². The van der Waals surface area contributed by atoms with E-state index in [4.69, 9.17) is 5.73 Å². The van der Waals surface area contributed by atoms with Crippen molar-refractivity contribution in [2.24, 2.45) is 16.6 Å². The van der Waals surface area contributed by atoms with Crippen molar-refractivity contribution in [3.8, 4) is 6.19 Å². The molecule has 2 rings (SSSR count). The molecule has 7 heteroatoms. The van der Waals surface area contributed by atoms with E-state index >= 15 is 0 Å². The van der Waals surface area contributed by atoms with Gasteiger partial charge in [0.2, 0.25) is 5.96 Å². The lowest BCUT2D eigenvalue weighted by Crippen LogP contribution is -2.41. The Kier molecular flexibility index (Phi) is 8.63. The van der Waals surface area contributed by atoms with Crippen molar-refractivity contribution in [2.45, 2.75) is 25.7 Å². The molecule has 1 aromatic rings. The van der Waals surface area contributed by atoms with E-state index in [1.165, 1.54) is 29.2 Å². The fraction of sp³-hybridized carbons (Fsp3) is 0.476. The summed E-state index contributed by atoms with van der Waals surface area (Å²) in [6.45, 7) is 7.33. The average Bonchev–Trinajstić information content (AvgIpc) is 2.71. The number of nitrogens with two attached hydrogens (primary N) is 1. The number of hydrogen-bond donors (Lipinski definition) is 1. The number of nitrogens with zero attached hydrogens (tertiary/aromatic N) is 4. The van der Waals surface area contributed by atoms with Gasteiger partial charge in [0.15, 0.2) is 12.0 Å². The number of rotatable bonds is 9. The normalized spacial score (nSPS) is 15.8. The molecular formula is C21H28FN5O. The Hall–Kier alpha value is -2.72. The number of Topliss-reactive ketones (excluding diaryl/α,β-unsaturated/α-hetero) is 1. The van der Waals surface area contributed by atoms with Gasteiger partial charge in [-0.15, -0.1) is 6.58 Å². The molecule has 1 aliphatic rings. The zero-order valence-electron chi connectivity index (χ0n) is 16.2. The molecule has 150 valence electrons. The molecule has 1 fully saturated rings. The molecule has 0 unspecified atom stereocenters. The van der Waals surface area contributed by atoms with Crippen LogP contribution in [0.25, 0.3) is 0 Å². The summed E-state index contributed by atoms with van der Waals surface area (Å²) in [5, 5.41) is 9.28. The molecule has 0 bridgehead atoms. The second-order valence-electron chi connectivity index (χ2n) is 7.02. The fourth-order valence-corrected chi connectivity index (χ4v) is 3.32. The first kappa shape index (κ1) is 21.6. The molecule has 1 aliphatic heterocycles. The number of nitriles is 1. The summed E-state index contributed by atoms with van der Waals surface area (Å²) in [7, 11) is 0. The standard InChI is InChI=1S/C21H28FN5O/c1-2-11-25-21(24)27(16-23)15-17-9-13-26(14-10-17)12-3-4-20(28)18-5-7-19(22)8-6-18/h2,5-8,17H,1,3-4,9-15H2,(H2,24,25). The van der Waals surface area contributed by atoms with Crippen LogP contribution in [0.15, 0.2) is 41.9 Å². The molecule has 28 heavy (non-hydrogen) atoms. The van der Waals surface area contributed by atoms with Gasteiger partial charge in [-0.1, -0.05) is 6.08 Å². The monoisotopic (exact) mass is 385 g/mol. The summed E-state index contributed by atoms with van der Waals surface area (Å²) in [5.41, 5.74) is 6.41. The van der Waals surface area contributed by atoms with E-state index in [1.54, 1.807) is 6.08 Å². The molecule has 1 aromatic carbocycles. The number of carbonyl (C=O) groups excluding carboxylic acids is 1. The third-order valence-electron chi connectivity index (χ3n) is 4.97. The molecule has 0 atom stereocenters. The minimum absolute atomic E-state index is 0.0498. The van der Waals surface area contributed by atoms with E-state index in [1.807, 2.05) is 0 Å². The summed E-state index contributed by atoms with van der Waals surface area (Å²) >= 11 is 0. The predicted molar refractivity (Wildman–Crippen MR) is 108 cm³/mol. The summed E-state index contributed by atoms with van der Waals surface area (Å²) in [5.74, 6) is 0.357. The number of benzene rings is 1. The van der Waals surface area contributed by atoms with Crippen molar-refractivity contribution >= 4 is 11.7 Å². The van der Waals surface area contributed by atoms with E-state index in [-0.39, 0.29) is 17.6 Å². The average molecular weight is 385 g/mol. The molecule has 1 heterocycles. The number of hydrogen-bond acceptors (Lipinski definition) is 4. The molecule has 2 N–H and O–H groups in total. The zero-order chi connectivity index (χ0) is 20.4. The van der Waals surface area contributed by atoms with Crippen LogP contribution in [0.2, 0.25) is 0 Å². The number of aliphatic imine (C=N–C) groups is 1. The van der Waals surface area contributed by atoms with Gasteiger partial charge in [-0.25, -0.2) is 14.3 Å². The van der Waals surface area contributed by atoms with Crippen LogP contribution in [0.4, 0.5) is 4.39 Å². The van der Waals surface area contributed by atoms with Crippen LogP contribution < -0.4 is 5.73 Å². The maximum absolute atomic E-state index is 12.9. The number of likely N-dealkylation sites (tertiary alicyclic amines) is 1. The van der Waals surface area contributed by atoms with Gasteiger partial charge < -0.3 is 10.6 Å². The molecule has 0 amide bonds. The topological polar surface area (TPSA) is 85.7 Å². The minimum atomic E-state index is -0.330. The lowest BCUT2D eigenvalue weighted by molar-refractivity contribution is 0.0969. The summed E-state index contributed by atoms with van der Waals surface area (Å²) in [6.07, 6.45) is 6.96. The number of piperidine rings is 1. The predicted octanol–water partition coefficient (Wildman–Crippen LogP) is 2.78. The van der Waals surface area contributed by atoms with E-state index in [0.717, 1.165) is 38.9 Å². The van der Waals surface area contributed by atoms with Gasteiger partial charge >= 0.3 is 0 Å². The minimum Gasteiger partial charge on any atom is -0.369 e. The Morgan fingerprint density at radius 2 is 2.07 bits per heavy atom. The first-order valence-electron chi connectivity index (χ1n) is 9.62. The van der Waals surface area contributed by atoms with Crippen molar-refractivity contribution in [2.75, 3.05) is 32.7 Å². The van der Waals surface area contributed by atoms with Crippen LogP contribution in [0, 0.1) is 23.2 Å². The van der Waals surface area contributed by atoms with Gasteiger partial charge in [0.1, 0.15) is 5.82 Å². The van der Waals surface area contributed by atoms with Crippen molar-refractivity contribution in [1.82, 2.24) is 9.80 Å². The summed E-state index contributed by atoms with van der Waals surface area (Å²) < 4.78 is 12.9. The first-order chi connectivity index (χ1) is 13.5. The maximum Gasteiger partial charge on any atom is 0.205 e. The second kappa shape index (κ2) is 11.2. The maximum atomic E-state index is 12.9. The van der Waals surface area contributed by atoms with Crippen LogP contribution in [-0.2, 0) is 0 Å². The summed E-state index contributed by atoms with van der Waals surface area (Å²) in [4.78, 5) is 20.0. The van der Waals surface area contributed by atoms with Crippen molar-refractivity contribution in [1.29, 1.82) is 5.26 Å². The molecule has 0 aliphatic carbocycles. The van der Waals surface area contributed by atoms with Gasteiger partial charge in [0.25, 0.3) is 0 Å². The Balaban J connectivity index is 1.69. The molecule has 6 nitrogen and oxygen atoms in total. The quantitative estimate of drug-likeness (QED) is 0.176. The largest absolute Gasteiger partial charge is 0.369 e. The lowest BCUT2D eigenvalue weighted by Gasteiger charge is -2.33. The van der Waals surface area contributed by atoms with E-state index in [2.05, 4.69) is 22.7 Å². The molecule has 0 radical (unpaired) electrons. The van der Waals surface area contributed by atoms with Gasteiger partial charge in [-0.3, -0.25) is 4.79 Å². The Morgan fingerprint density at radius 1 is 1.39 bits per heavy atom. The van der Waals surface area contributed by atoms with Crippen LogP contribution in [0.3, 0.4) is 0 Å². The number of ketones is 1. The summed E-state index contributed by atoms with van der Waals surface area (Å²) in [6, 6.07) is 5.71. The van der Waals surface area contributed by atoms with E-state index < -0.39 is 0 Å². The van der Waals surface area contributed by atoms with Crippen molar-refractivity contribution in [3.63, 3.8) is 0 Å². The fourth-order valence-electron chi connectivity index (χ4n) is 3.32. The Labute approximate surface area is 166 Å². The number of halogens is 1. The Morgan fingerprint density at radius 3 is 2.68 bits per heavy atom. The highest BCUT2D eigenvalue weighted by molar-refractivity contribution is 5.95. The molecule has 0 aromatic heterocycles. The number of guanidine groups is 1. The zero-order valence-corrected chi connectivity index (χ0v) is 16.2. The highest BCUT2D eigenvalue weighted by atomic mass is 19.1. The lowest BCUT2D eigenvalue weighted by atomic mass is 9.96. The molecule has 0 saturated carbocycles. The van der Waals surface area contributed by atoms with Crippen LogP contribution in [0.1, 0.15) is 36.0 Å². The first-order valence-corrected chi connectivity index (χ1v) is 9.62. The van der Waals surface area contributed by atoms with E-state index in [0.29, 0.717) is 31.0 Å². The third-order valence-corrected chi connectivity index (χ3v) is 4.97. The molecule has 0 spiro atoms. The van der Waals surface area contributed by atoms with Gasteiger partial charge in [0.05, 0.1) is 6.54 Å². The van der Waals surface area contributed by atoms with Crippen LogP contribution in [0.5, 0.6) is 0 Å². The third kappa shape index (κ3) is 6.78. The molecule has 1 saturated heterocycles. The Bertz CT molecular complexity index is 717. The highest BCUT2D eigenvalue weighted by Gasteiger charge is 2.22. The second-order valence-corrected chi connectivity index (χ2v) is 7.02. The number of carbonyl (C=O) groups is 1. The molecular weight excluding hydrogens is 357 g/mol. The SMILES string of the molecule is C=CCN=C(N)N(C#N)CC1CCN(CCCC(=O)c2ccc(F)cc2)CC1. The highest BCUT2D eigenvalue weighted by Crippen LogP contribution is 2.19. The van der Waals surface area contributed by atoms with Crippen molar-refractivity contribution in [3.05, 3.63) is 48.3 Å². The smallest absolute Gasteiger partial charge is 0.205 e.